The summed E-state index contributed by atoms with van der Waals surface area (Å²) in [6, 6.07) is 7.69. The van der Waals surface area contributed by atoms with Crippen LogP contribution < -0.4 is 4.74 Å². The van der Waals surface area contributed by atoms with Crippen molar-refractivity contribution < 1.29 is 9.84 Å². The number of hydrogen-bond donors (Lipinski definition) is 1. The van der Waals surface area contributed by atoms with Gasteiger partial charge in [-0.25, -0.2) is 0 Å². The molecular formula is C13H14O2S. The lowest BCUT2D eigenvalue weighted by Crippen LogP contribution is -1.99. The van der Waals surface area contributed by atoms with E-state index in [2.05, 4.69) is 0 Å². The first kappa shape index (κ1) is 11.2. The maximum atomic E-state index is 10.1. The molecule has 16 heavy (non-hydrogen) atoms. The van der Waals surface area contributed by atoms with Crippen molar-refractivity contribution in [2.75, 3.05) is 7.11 Å². The minimum absolute atomic E-state index is 0.546. The second-order valence-corrected chi connectivity index (χ2v) is 4.47. The van der Waals surface area contributed by atoms with Gasteiger partial charge < -0.3 is 9.84 Å². The lowest BCUT2D eigenvalue weighted by atomic mass is 10.0. The van der Waals surface area contributed by atoms with Crippen LogP contribution in [0.3, 0.4) is 0 Å². The molecule has 3 heteroatoms. The van der Waals surface area contributed by atoms with Crippen molar-refractivity contribution >= 4 is 11.3 Å². The SMILES string of the molecule is COc1ccc(C(O)c2ccsc2)cc1C. The first-order valence-corrected chi connectivity index (χ1v) is 6.01. The van der Waals surface area contributed by atoms with Gasteiger partial charge in [0.2, 0.25) is 0 Å². The van der Waals surface area contributed by atoms with E-state index in [-0.39, 0.29) is 0 Å². The van der Waals surface area contributed by atoms with Gasteiger partial charge in [-0.2, -0.15) is 11.3 Å². The molecule has 0 amide bonds. The zero-order valence-corrected chi connectivity index (χ0v) is 10.1. The van der Waals surface area contributed by atoms with E-state index in [0.717, 1.165) is 22.4 Å². The summed E-state index contributed by atoms with van der Waals surface area (Å²) in [5, 5.41) is 14.1. The smallest absolute Gasteiger partial charge is 0.121 e. The number of benzene rings is 1. The third-order valence-corrected chi connectivity index (χ3v) is 3.30. The standard InChI is InChI=1S/C13H14O2S/c1-9-7-10(3-4-12(9)15-2)13(14)11-5-6-16-8-11/h3-8,13-14H,1-2H3. The number of aryl methyl sites for hydroxylation is 1. The predicted molar refractivity (Wildman–Crippen MR) is 66.1 cm³/mol. The van der Waals surface area contributed by atoms with Crippen LogP contribution in [0.15, 0.2) is 35.0 Å². The molecule has 0 bridgehead atoms. The van der Waals surface area contributed by atoms with Crippen LogP contribution in [-0.4, -0.2) is 12.2 Å². The molecule has 0 saturated heterocycles. The van der Waals surface area contributed by atoms with Gasteiger partial charge in [0.25, 0.3) is 0 Å². The molecule has 0 spiro atoms. The van der Waals surface area contributed by atoms with Gasteiger partial charge in [-0.15, -0.1) is 0 Å². The Kier molecular flexibility index (Phi) is 3.27. The number of thiophene rings is 1. The van der Waals surface area contributed by atoms with E-state index in [1.165, 1.54) is 0 Å². The largest absolute Gasteiger partial charge is 0.496 e. The van der Waals surface area contributed by atoms with Crippen molar-refractivity contribution in [2.45, 2.75) is 13.0 Å². The molecule has 1 aromatic heterocycles. The third-order valence-electron chi connectivity index (χ3n) is 2.59. The number of methoxy groups -OCH3 is 1. The maximum Gasteiger partial charge on any atom is 0.121 e. The summed E-state index contributed by atoms with van der Waals surface area (Å²) in [7, 11) is 1.65. The summed E-state index contributed by atoms with van der Waals surface area (Å²) < 4.78 is 5.19. The topological polar surface area (TPSA) is 29.5 Å². The summed E-state index contributed by atoms with van der Waals surface area (Å²) in [6.07, 6.45) is -0.546. The molecule has 1 heterocycles. The minimum Gasteiger partial charge on any atom is -0.496 e. The van der Waals surface area contributed by atoms with Crippen molar-refractivity contribution in [3.05, 3.63) is 51.7 Å². The van der Waals surface area contributed by atoms with E-state index < -0.39 is 6.10 Å². The number of rotatable bonds is 3. The van der Waals surface area contributed by atoms with Gasteiger partial charge in [-0.3, -0.25) is 0 Å². The summed E-state index contributed by atoms with van der Waals surface area (Å²) in [4.78, 5) is 0. The van der Waals surface area contributed by atoms with Gasteiger partial charge >= 0.3 is 0 Å². The number of aliphatic hydroxyl groups excluding tert-OH is 1. The first-order valence-electron chi connectivity index (χ1n) is 5.07. The Bertz CT molecular complexity index is 463. The highest BCUT2D eigenvalue weighted by Crippen LogP contribution is 2.27. The van der Waals surface area contributed by atoms with Gasteiger partial charge in [0.05, 0.1) is 7.11 Å². The molecule has 1 atom stereocenters. The molecule has 2 rings (SSSR count). The summed E-state index contributed by atoms with van der Waals surface area (Å²) in [5.74, 6) is 0.848. The van der Waals surface area contributed by atoms with Crippen LogP contribution in [-0.2, 0) is 0 Å². The quantitative estimate of drug-likeness (QED) is 0.884. The molecule has 2 aromatic rings. The van der Waals surface area contributed by atoms with Crippen molar-refractivity contribution in [1.82, 2.24) is 0 Å². The van der Waals surface area contributed by atoms with E-state index in [4.69, 9.17) is 4.74 Å². The van der Waals surface area contributed by atoms with Crippen LogP contribution in [0.4, 0.5) is 0 Å². The Hall–Kier alpha value is -1.32. The van der Waals surface area contributed by atoms with Crippen molar-refractivity contribution in [3.8, 4) is 5.75 Å². The fourth-order valence-corrected chi connectivity index (χ4v) is 2.37. The average molecular weight is 234 g/mol. The highest BCUT2D eigenvalue weighted by molar-refractivity contribution is 7.07. The number of aliphatic hydroxyl groups is 1. The van der Waals surface area contributed by atoms with Gasteiger partial charge in [-0.05, 0) is 52.6 Å². The molecule has 0 fully saturated rings. The summed E-state index contributed by atoms with van der Waals surface area (Å²) in [6.45, 7) is 1.97. The zero-order chi connectivity index (χ0) is 11.5. The third kappa shape index (κ3) is 2.10. The van der Waals surface area contributed by atoms with Crippen molar-refractivity contribution in [3.63, 3.8) is 0 Å². The molecular weight excluding hydrogens is 220 g/mol. The molecule has 1 aromatic carbocycles. The fourth-order valence-electron chi connectivity index (χ4n) is 1.69. The Morgan fingerprint density at radius 2 is 2.06 bits per heavy atom. The Labute approximate surface area is 99.1 Å². The molecule has 0 aliphatic heterocycles. The number of hydrogen-bond acceptors (Lipinski definition) is 3. The molecule has 1 N–H and O–H groups in total. The second-order valence-electron chi connectivity index (χ2n) is 3.69. The monoisotopic (exact) mass is 234 g/mol. The van der Waals surface area contributed by atoms with Crippen LogP contribution in [0.25, 0.3) is 0 Å². The van der Waals surface area contributed by atoms with E-state index in [1.807, 2.05) is 41.9 Å². The van der Waals surface area contributed by atoms with Crippen molar-refractivity contribution in [2.24, 2.45) is 0 Å². The molecule has 0 saturated carbocycles. The average Bonchev–Trinajstić information content (AvgIpc) is 2.81. The van der Waals surface area contributed by atoms with E-state index in [1.54, 1.807) is 18.4 Å². The van der Waals surface area contributed by atoms with E-state index >= 15 is 0 Å². The van der Waals surface area contributed by atoms with Gasteiger partial charge in [0, 0.05) is 0 Å². The van der Waals surface area contributed by atoms with Crippen LogP contribution in [0.2, 0.25) is 0 Å². The fraction of sp³-hybridized carbons (Fsp3) is 0.231. The molecule has 0 aliphatic rings. The second kappa shape index (κ2) is 4.68. The Balaban J connectivity index is 2.31. The lowest BCUT2D eigenvalue weighted by molar-refractivity contribution is 0.220. The number of ether oxygens (including phenoxy) is 1. The maximum absolute atomic E-state index is 10.1. The molecule has 2 nitrogen and oxygen atoms in total. The van der Waals surface area contributed by atoms with E-state index in [0.29, 0.717) is 0 Å². The molecule has 0 aliphatic carbocycles. The van der Waals surface area contributed by atoms with Crippen LogP contribution in [0.5, 0.6) is 5.75 Å². The van der Waals surface area contributed by atoms with Crippen LogP contribution in [0.1, 0.15) is 22.8 Å². The highest BCUT2D eigenvalue weighted by Gasteiger charge is 2.11. The summed E-state index contributed by atoms with van der Waals surface area (Å²) in [5.41, 5.74) is 2.88. The van der Waals surface area contributed by atoms with Gasteiger partial charge in [0.15, 0.2) is 0 Å². The molecule has 0 radical (unpaired) electrons. The Morgan fingerprint density at radius 3 is 2.62 bits per heavy atom. The predicted octanol–water partition coefficient (Wildman–Crippen LogP) is 3.15. The summed E-state index contributed by atoms with van der Waals surface area (Å²) >= 11 is 1.59. The first-order chi connectivity index (χ1) is 7.72. The zero-order valence-electron chi connectivity index (χ0n) is 9.31. The molecule has 84 valence electrons. The van der Waals surface area contributed by atoms with Crippen LogP contribution in [0, 0.1) is 6.92 Å². The van der Waals surface area contributed by atoms with Gasteiger partial charge in [0.1, 0.15) is 11.9 Å². The van der Waals surface area contributed by atoms with Crippen molar-refractivity contribution in [1.29, 1.82) is 0 Å². The highest BCUT2D eigenvalue weighted by atomic mass is 32.1. The minimum atomic E-state index is -0.546. The van der Waals surface area contributed by atoms with Gasteiger partial charge in [-0.1, -0.05) is 6.07 Å². The Morgan fingerprint density at radius 1 is 1.25 bits per heavy atom. The molecule has 1 unspecified atom stereocenters. The normalized spacial score (nSPS) is 12.4. The van der Waals surface area contributed by atoms with Crippen LogP contribution >= 0.6 is 11.3 Å². The van der Waals surface area contributed by atoms with E-state index in [9.17, 15) is 5.11 Å². The lowest BCUT2D eigenvalue weighted by Gasteiger charge is -2.12.